The number of hydrogen-bond acceptors (Lipinski definition) is 3. The van der Waals surface area contributed by atoms with Crippen LogP contribution in [0, 0.1) is 6.92 Å². The van der Waals surface area contributed by atoms with Crippen LogP contribution in [-0.4, -0.2) is 11.7 Å². The first-order valence-corrected chi connectivity index (χ1v) is 7.07. The molecule has 2 rings (SSSR count). The van der Waals surface area contributed by atoms with E-state index in [1.807, 2.05) is 45.0 Å². The van der Waals surface area contributed by atoms with Gasteiger partial charge in [0.05, 0.1) is 13.2 Å². The van der Waals surface area contributed by atoms with E-state index in [0.717, 1.165) is 11.1 Å². The van der Waals surface area contributed by atoms with E-state index in [2.05, 4.69) is 0 Å². The van der Waals surface area contributed by atoms with Crippen LogP contribution in [-0.2, 0) is 0 Å². The Labute approximate surface area is 125 Å². The number of hydrogen-bond donors (Lipinski definition) is 1. The van der Waals surface area contributed by atoms with Crippen molar-refractivity contribution in [1.29, 1.82) is 0 Å². The van der Waals surface area contributed by atoms with E-state index < -0.39 is 6.04 Å². The minimum atomic E-state index is -0.501. The molecule has 1 heterocycles. The number of pyridine rings is 1. The molecule has 0 bridgehead atoms. The zero-order valence-electron chi connectivity index (χ0n) is 13.0. The van der Waals surface area contributed by atoms with Gasteiger partial charge in [0.25, 0.3) is 5.56 Å². The van der Waals surface area contributed by atoms with Crippen LogP contribution >= 0.6 is 0 Å². The molecule has 1 unspecified atom stereocenters. The Morgan fingerprint density at radius 3 is 2.52 bits per heavy atom. The lowest BCUT2D eigenvalue weighted by Crippen LogP contribution is -2.29. The van der Waals surface area contributed by atoms with Crippen molar-refractivity contribution in [3.63, 3.8) is 0 Å². The fourth-order valence-electron chi connectivity index (χ4n) is 2.44. The van der Waals surface area contributed by atoms with Crippen molar-refractivity contribution < 1.29 is 4.74 Å². The first-order chi connectivity index (χ1) is 9.95. The standard InChI is InChI=1S/C17H22N2O2/c1-11(2)19-9-5-6-13(17(19)20)16(18)14-10-12(3)7-8-15(14)21-4/h5-11,16H,18H2,1-4H3. The Morgan fingerprint density at radius 2 is 1.90 bits per heavy atom. The van der Waals surface area contributed by atoms with Gasteiger partial charge in [0, 0.05) is 23.4 Å². The van der Waals surface area contributed by atoms with Crippen LogP contribution < -0.4 is 16.0 Å². The summed E-state index contributed by atoms with van der Waals surface area (Å²) in [5, 5.41) is 0. The van der Waals surface area contributed by atoms with Crippen LogP contribution in [0.5, 0.6) is 5.75 Å². The molecule has 0 saturated heterocycles. The monoisotopic (exact) mass is 286 g/mol. The molecule has 21 heavy (non-hydrogen) atoms. The highest BCUT2D eigenvalue weighted by Gasteiger charge is 2.18. The first kappa shape index (κ1) is 15.3. The highest BCUT2D eigenvalue weighted by molar-refractivity contribution is 5.43. The largest absolute Gasteiger partial charge is 0.496 e. The van der Waals surface area contributed by atoms with Gasteiger partial charge < -0.3 is 15.0 Å². The molecule has 4 nitrogen and oxygen atoms in total. The maximum Gasteiger partial charge on any atom is 0.255 e. The zero-order valence-corrected chi connectivity index (χ0v) is 13.0. The van der Waals surface area contributed by atoms with E-state index >= 15 is 0 Å². The lowest BCUT2D eigenvalue weighted by atomic mass is 9.98. The summed E-state index contributed by atoms with van der Waals surface area (Å²) in [7, 11) is 1.61. The fourth-order valence-corrected chi connectivity index (χ4v) is 2.44. The molecular formula is C17H22N2O2. The zero-order chi connectivity index (χ0) is 15.6. The Hall–Kier alpha value is -2.07. The van der Waals surface area contributed by atoms with Gasteiger partial charge >= 0.3 is 0 Å². The lowest BCUT2D eigenvalue weighted by Gasteiger charge is -2.18. The van der Waals surface area contributed by atoms with Gasteiger partial charge in [0.1, 0.15) is 5.75 Å². The molecule has 1 aromatic heterocycles. The number of benzene rings is 1. The van der Waals surface area contributed by atoms with Gasteiger partial charge in [-0.3, -0.25) is 4.79 Å². The van der Waals surface area contributed by atoms with E-state index in [1.165, 1.54) is 0 Å². The summed E-state index contributed by atoms with van der Waals surface area (Å²) in [5.41, 5.74) is 8.78. The van der Waals surface area contributed by atoms with Crippen molar-refractivity contribution in [3.05, 3.63) is 63.6 Å². The molecule has 0 fully saturated rings. The molecule has 0 aliphatic carbocycles. The molecule has 1 atom stereocenters. The maximum absolute atomic E-state index is 12.6. The van der Waals surface area contributed by atoms with Gasteiger partial charge in [0.2, 0.25) is 0 Å². The van der Waals surface area contributed by atoms with Crippen molar-refractivity contribution >= 4 is 0 Å². The number of ether oxygens (including phenoxy) is 1. The van der Waals surface area contributed by atoms with E-state index in [-0.39, 0.29) is 11.6 Å². The second kappa shape index (κ2) is 6.14. The van der Waals surface area contributed by atoms with Gasteiger partial charge in [-0.05, 0) is 32.9 Å². The minimum Gasteiger partial charge on any atom is -0.496 e. The second-order valence-corrected chi connectivity index (χ2v) is 5.49. The van der Waals surface area contributed by atoms with Gasteiger partial charge in [-0.2, -0.15) is 0 Å². The minimum absolute atomic E-state index is 0.0523. The van der Waals surface area contributed by atoms with Gasteiger partial charge in [-0.1, -0.05) is 23.8 Å². The summed E-state index contributed by atoms with van der Waals surface area (Å²) in [6.45, 7) is 5.95. The molecule has 112 valence electrons. The third-order valence-corrected chi connectivity index (χ3v) is 3.62. The molecular weight excluding hydrogens is 264 g/mol. The van der Waals surface area contributed by atoms with Gasteiger partial charge in [-0.25, -0.2) is 0 Å². The topological polar surface area (TPSA) is 57.2 Å². The number of aryl methyl sites for hydroxylation is 1. The number of nitrogens with zero attached hydrogens (tertiary/aromatic N) is 1. The van der Waals surface area contributed by atoms with Crippen molar-refractivity contribution in [3.8, 4) is 5.75 Å². The Balaban J connectivity index is 2.55. The first-order valence-electron chi connectivity index (χ1n) is 7.07. The van der Waals surface area contributed by atoms with Crippen LogP contribution in [0.15, 0.2) is 41.3 Å². The molecule has 0 amide bonds. The Morgan fingerprint density at radius 1 is 1.19 bits per heavy atom. The molecule has 2 aromatic rings. The number of methoxy groups -OCH3 is 1. The predicted octanol–water partition coefficient (Wildman–Crippen LogP) is 2.79. The number of aromatic nitrogens is 1. The molecule has 2 N–H and O–H groups in total. The molecule has 0 saturated carbocycles. The van der Waals surface area contributed by atoms with Crippen molar-refractivity contribution in [2.24, 2.45) is 5.73 Å². The molecule has 0 aliphatic heterocycles. The summed E-state index contributed by atoms with van der Waals surface area (Å²) in [6.07, 6.45) is 1.79. The van der Waals surface area contributed by atoms with Crippen molar-refractivity contribution in [2.45, 2.75) is 32.9 Å². The predicted molar refractivity (Wildman–Crippen MR) is 84.8 cm³/mol. The van der Waals surface area contributed by atoms with Crippen LogP contribution in [0.2, 0.25) is 0 Å². The number of rotatable bonds is 4. The number of nitrogens with two attached hydrogens (primary N) is 1. The molecule has 0 spiro atoms. The van der Waals surface area contributed by atoms with Gasteiger partial charge in [0.15, 0.2) is 0 Å². The van der Waals surface area contributed by atoms with Crippen molar-refractivity contribution in [2.75, 3.05) is 7.11 Å². The van der Waals surface area contributed by atoms with Gasteiger partial charge in [-0.15, -0.1) is 0 Å². The summed E-state index contributed by atoms with van der Waals surface area (Å²) >= 11 is 0. The van der Waals surface area contributed by atoms with Crippen molar-refractivity contribution in [1.82, 2.24) is 4.57 Å². The van der Waals surface area contributed by atoms with E-state index in [0.29, 0.717) is 11.3 Å². The Kier molecular flexibility index (Phi) is 4.48. The summed E-state index contributed by atoms with van der Waals surface area (Å²) in [4.78, 5) is 12.6. The highest BCUT2D eigenvalue weighted by Crippen LogP contribution is 2.28. The van der Waals surface area contributed by atoms with Crippen LogP contribution in [0.3, 0.4) is 0 Å². The highest BCUT2D eigenvalue weighted by atomic mass is 16.5. The second-order valence-electron chi connectivity index (χ2n) is 5.49. The smallest absolute Gasteiger partial charge is 0.255 e. The average Bonchev–Trinajstić information content (AvgIpc) is 2.46. The van der Waals surface area contributed by atoms with Crippen LogP contribution in [0.25, 0.3) is 0 Å². The maximum atomic E-state index is 12.6. The molecule has 0 aliphatic rings. The third kappa shape index (κ3) is 3.00. The molecule has 1 aromatic carbocycles. The third-order valence-electron chi connectivity index (χ3n) is 3.62. The fraction of sp³-hybridized carbons (Fsp3) is 0.353. The Bertz CT molecular complexity index is 689. The van der Waals surface area contributed by atoms with Crippen LogP contribution in [0.4, 0.5) is 0 Å². The molecule has 0 radical (unpaired) electrons. The van der Waals surface area contributed by atoms with E-state index in [4.69, 9.17) is 10.5 Å². The SMILES string of the molecule is COc1ccc(C)cc1C(N)c1cccn(C(C)C)c1=O. The normalized spacial score (nSPS) is 12.5. The quantitative estimate of drug-likeness (QED) is 0.940. The van der Waals surface area contributed by atoms with Crippen LogP contribution in [0.1, 0.15) is 42.6 Å². The summed E-state index contributed by atoms with van der Waals surface area (Å²) < 4.78 is 7.06. The summed E-state index contributed by atoms with van der Waals surface area (Å²) in [5.74, 6) is 0.701. The summed E-state index contributed by atoms with van der Waals surface area (Å²) in [6, 6.07) is 9.06. The average molecular weight is 286 g/mol. The van der Waals surface area contributed by atoms with E-state index in [9.17, 15) is 4.79 Å². The molecule has 4 heteroatoms. The van der Waals surface area contributed by atoms with E-state index in [1.54, 1.807) is 23.9 Å². The lowest BCUT2D eigenvalue weighted by molar-refractivity contribution is 0.407.